The van der Waals surface area contributed by atoms with Crippen LogP contribution in [0.25, 0.3) is 10.8 Å². The molecule has 1 atom stereocenters. The monoisotopic (exact) mass is 304 g/mol. The molecular formula is C17H11ClF2O. The highest BCUT2D eigenvalue weighted by molar-refractivity contribution is 6.31. The van der Waals surface area contributed by atoms with Crippen molar-refractivity contribution in [2.24, 2.45) is 0 Å². The van der Waals surface area contributed by atoms with E-state index in [1.165, 1.54) is 30.3 Å². The first-order valence-electron chi connectivity index (χ1n) is 6.38. The summed E-state index contributed by atoms with van der Waals surface area (Å²) in [5, 5.41) is 11.5. The predicted molar refractivity (Wildman–Crippen MR) is 79.4 cm³/mol. The van der Waals surface area contributed by atoms with Crippen molar-refractivity contribution in [3.63, 3.8) is 0 Å². The van der Waals surface area contributed by atoms with Crippen LogP contribution in [0.5, 0.6) is 0 Å². The Morgan fingerprint density at radius 2 is 1.52 bits per heavy atom. The van der Waals surface area contributed by atoms with Crippen LogP contribution in [-0.2, 0) is 0 Å². The van der Waals surface area contributed by atoms with Crippen LogP contribution >= 0.6 is 11.6 Å². The third-order valence-electron chi connectivity index (χ3n) is 3.47. The van der Waals surface area contributed by atoms with Gasteiger partial charge in [0.15, 0.2) is 0 Å². The number of aliphatic hydroxyl groups excluding tert-OH is 1. The van der Waals surface area contributed by atoms with Gasteiger partial charge in [-0.25, -0.2) is 8.78 Å². The van der Waals surface area contributed by atoms with Crippen LogP contribution in [0.1, 0.15) is 17.2 Å². The van der Waals surface area contributed by atoms with Gasteiger partial charge in [0.1, 0.15) is 17.7 Å². The topological polar surface area (TPSA) is 20.2 Å². The second-order valence-electron chi connectivity index (χ2n) is 4.72. The molecule has 0 aromatic heterocycles. The van der Waals surface area contributed by atoms with Crippen LogP contribution in [0.15, 0.2) is 54.6 Å². The molecular weight excluding hydrogens is 294 g/mol. The molecule has 3 aromatic carbocycles. The molecule has 0 aliphatic carbocycles. The minimum absolute atomic E-state index is 0.00377. The summed E-state index contributed by atoms with van der Waals surface area (Å²) in [7, 11) is 0. The zero-order valence-electron chi connectivity index (χ0n) is 10.9. The summed E-state index contributed by atoms with van der Waals surface area (Å²) in [6.45, 7) is 0. The lowest BCUT2D eigenvalue weighted by Crippen LogP contribution is -2.04. The quantitative estimate of drug-likeness (QED) is 0.717. The summed E-state index contributed by atoms with van der Waals surface area (Å²) in [6, 6.07) is 13.7. The molecule has 0 aliphatic rings. The van der Waals surface area contributed by atoms with Crippen molar-refractivity contribution < 1.29 is 13.9 Å². The molecule has 1 N–H and O–H groups in total. The third-order valence-corrected chi connectivity index (χ3v) is 3.80. The van der Waals surface area contributed by atoms with Crippen molar-refractivity contribution in [1.82, 2.24) is 0 Å². The van der Waals surface area contributed by atoms with Crippen LogP contribution < -0.4 is 0 Å². The van der Waals surface area contributed by atoms with E-state index in [4.69, 9.17) is 11.6 Å². The minimum atomic E-state index is -1.26. The van der Waals surface area contributed by atoms with Crippen molar-refractivity contribution in [2.75, 3.05) is 0 Å². The van der Waals surface area contributed by atoms with Crippen molar-refractivity contribution in [2.45, 2.75) is 6.10 Å². The van der Waals surface area contributed by atoms with Gasteiger partial charge in [0, 0.05) is 16.0 Å². The summed E-state index contributed by atoms with van der Waals surface area (Å²) >= 11 is 5.98. The Morgan fingerprint density at radius 1 is 0.810 bits per heavy atom. The Labute approximate surface area is 125 Å². The lowest BCUT2D eigenvalue weighted by atomic mass is 9.95. The van der Waals surface area contributed by atoms with E-state index in [0.717, 1.165) is 0 Å². The van der Waals surface area contributed by atoms with E-state index >= 15 is 0 Å². The normalized spacial score (nSPS) is 12.6. The molecule has 0 aliphatic heterocycles. The number of halogens is 3. The number of fused-ring (bicyclic) bond motifs is 1. The highest BCUT2D eigenvalue weighted by atomic mass is 35.5. The third kappa shape index (κ3) is 2.39. The number of benzene rings is 3. The first-order valence-corrected chi connectivity index (χ1v) is 6.76. The fraction of sp³-hybridized carbons (Fsp3) is 0.0588. The number of aliphatic hydroxyl groups is 1. The Kier molecular flexibility index (Phi) is 3.62. The van der Waals surface area contributed by atoms with Gasteiger partial charge < -0.3 is 5.11 Å². The Balaban J connectivity index is 2.23. The van der Waals surface area contributed by atoms with Crippen molar-refractivity contribution in [1.29, 1.82) is 0 Å². The van der Waals surface area contributed by atoms with Crippen LogP contribution in [-0.4, -0.2) is 5.11 Å². The van der Waals surface area contributed by atoms with E-state index in [-0.39, 0.29) is 16.4 Å². The van der Waals surface area contributed by atoms with E-state index in [2.05, 4.69) is 0 Å². The Morgan fingerprint density at radius 3 is 2.24 bits per heavy atom. The highest BCUT2D eigenvalue weighted by Crippen LogP contribution is 2.34. The molecule has 0 bridgehead atoms. The molecule has 0 heterocycles. The summed E-state index contributed by atoms with van der Waals surface area (Å²) in [5.74, 6) is -0.982. The molecule has 0 spiro atoms. The van der Waals surface area contributed by atoms with Gasteiger partial charge in [-0.2, -0.15) is 0 Å². The van der Waals surface area contributed by atoms with E-state index in [9.17, 15) is 13.9 Å². The predicted octanol–water partition coefficient (Wildman–Crippen LogP) is 4.85. The summed E-state index contributed by atoms with van der Waals surface area (Å²) < 4.78 is 27.8. The van der Waals surface area contributed by atoms with Crippen molar-refractivity contribution in [3.8, 4) is 0 Å². The van der Waals surface area contributed by atoms with Gasteiger partial charge in [-0.15, -0.1) is 0 Å². The highest BCUT2D eigenvalue weighted by Gasteiger charge is 2.20. The summed E-state index contributed by atoms with van der Waals surface area (Å²) in [4.78, 5) is 0. The van der Waals surface area contributed by atoms with Gasteiger partial charge in [0.2, 0.25) is 0 Å². The second kappa shape index (κ2) is 5.43. The molecule has 0 fully saturated rings. The van der Waals surface area contributed by atoms with E-state index < -0.39 is 11.9 Å². The average molecular weight is 305 g/mol. The van der Waals surface area contributed by atoms with Crippen LogP contribution in [0.2, 0.25) is 5.02 Å². The molecule has 21 heavy (non-hydrogen) atoms. The van der Waals surface area contributed by atoms with Gasteiger partial charge in [0.05, 0.1) is 0 Å². The molecule has 4 heteroatoms. The average Bonchev–Trinajstić information content (AvgIpc) is 2.47. The zero-order valence-corrected chi connectivity index (χ0v) is 11.6. The summed E-state index contributed by atoms with van der Waals surface area (Å²) in [5.41, 5.74) is 0.412. The number of hydrogen-bond acceptors (Lipinski definition) is 1. The molecule has 0 saturated carbocycles. The molecule has 0 radical (unpaired) electrons. The maximum absolute atomic E-state index is 13.9. The number of rotatable bonds is 2. The lowest BCUT2D eigenvalue weighted by Gasteiger charge is -2.16. The SMILES string of the molecule is OC(c1c(F)cccc1Cl)c1ccc(F)c2ccccc12. The van der Waals surface area contributed by atoms with E-state index in [1.54, 1.807) is 24.3 Å². The standard InChI is InChI=1S/C17H11ClF2O/c18-13-6-3-7-15(20)16(13)17(21)12-8-9-14(19)11-5-2-1-4-10(11)12/h1-9,17,21H. The zero-order chi connectivity index (χ0) is 15.0. The van der Waals surface area contributed by atoms with Crippen LogP contribution in [0, 0.1) is 11.6 Å². The smallest absolute Gasteiger partial charge is 0.131 e. The van der Waals surface area contributed by atoms with Gasteiger partial charge >= 0.3 is 0 Å². The van der Waals surface area contributed by atoms with Gasteiger partial charge in [-0.05, 0) is 29.1 Å². The van der Waals surface area contributed by atoms with E-state index in [1.807, 2.05) is 0 Å². The van der Waals surface area contributed by atoms with Crippen LogP contribution in [0.3, 0.4) is 0 Å². The Bertz CT molecular complexity index is 797. The number of hydrogen-bond donors (Lipinski definition) is 1. The molecule has 0 saturated heterocycles. The largest absolute Gasteiger partial charge is 0.383 e. The van der Waals surface area contributed by atoms with Crippen molar-refractivity contribution >= 4 is 22.4 Å². The molecule has 3 aromatic rings. The van der Waals surface area contributed by atoms with Crippen molar-refractivity contribution in [3.05, 3.63) is 82.4 Å². The molecule has 1 nitrogen and oxygen atoms in total. The van der Waals surface area contributed by atoms with Gasteiger partial charge in [-0.3, -0.25) is 0 Å². The minimum Gasteiger partial charge on any atom is -0.383 e. The first kappa shape index (κ1) is 14.0. The first-order chi connectivity index (χ1) is 10.1. The Hall–Kier alpha value is -1.97. The molecule has 106 valence electrons. The maximum Gasteiger partial charge on any atom is 0.131 e. The molecule has 1 unspecified atom stereocenters. The fourth-order valence-electron chi connectivity index (χ4n) is 2.45. The maximum atomic E-state index is 13.9. The van der Waals surface area contributed by atoms with Gasteiger partial charge in [-0.1, -0.05) is 48.0 Å². The summed E-state index contributed by atoms with van der Waals surface area (Å²) in [6.07, 6.45) is -1.26. The van der Waals surface area contributed by atoms with E-state index in [0.29, 0.717) is 16.3 Å². The van der Waals surface area contributed by atoms with Crippen LogP contribution in [0.4, 0.5) is 8.78 Å². The molecule has 0 amide bonds. The lowest BCUT2D eigenvalue weighted by molar-refractivity contribution is 0.216. The second-order valence-corrected chi connectivity index (χ2v) is 5.13. The molecule has 3 rings (SSSR count). The van der Waals surface area contributed by atoms with Gasteiger partial charge in [0.25, 0.3) is 0 Å². The fourth-order valence-corrected chi connectivity index (χ4v) is 2.72.